The molecule has 0 saturated carbocycles. The predicted octanol–water partition coefficient (Wildman–Crippen LogP) is 1.30. The minimum atomic E-state index is -0.957. The molecule has 8 nitrogen and oxygen atoms in total. The van der Waals surface area contributed by atoms with E-state index in [0.717, 1.165) is 6.42 Å². The molecule has 1 unspecified atom stereocenters. The molecule has 104 valence electrons. The highest BCUT2D eigenvalue weighted by molar-refractivity contribution is 5.71. The average Bonchev–Trinajstić information content (AvgIpc) is 2.84. The van der Waals surface area contributed by atoms with Gasteiger partial charge in [-0.2, -0.15) is 5.26 Å². The van der Waals surface area contributed by atoms with Crippen molar-refractivity contribution in [3.8, 4) is 6.07 Å². The Morgan fingerprint density at radius 3 is 3.05 bits per heavy atom. The van der Waals surface area contributed by atoms with E-state index in [0.29, 0.717) is 13.0 Å². The van der Waals surface area contributed by atoms with Crippen LogP contribution in [0.4, 0.5) is 11.5 Å². The number of aliphatic carboxylic acids is 1. The Hall–Kier alpha value is -2.69. The van der Waals surface area contributed by atoms with E-state index >= 15 is 0 Å². The van der Waals surface area contributed by atoms with Gasteiger partial charge in [0.1, 0.15) is 11.6 Å². The van der Waals surface area contributed by atoms with Gasteiger partial charge in [0.05, 0.1) is 11.3 Å². The van der Waals surface area contributed by atoms with Crippen LogP contribution in [0.3, 0.4) is 0 Å². The number of carbonyl (C=O) groups is 1. The van der Waals surface area contributed by atoms with Gasteiger partial charge < -0.3 is 10.0 Å². The molecule has 2 rings (SSSR count). The first-order valence-electron chi connectivity index (χ1n) is 6.06. The number of anilines is 1. The fourth-order valence-corrected chi connectivity index (χ4v) is 2.45. The highest BCUT2D eigenvalue weighted by atomic mass is 16.6. The molecule has 20 heavy (non-hydrogen) atoms. The summed E-state index contributed by atoms with van der Waals surface area (Å²) >= 11 is 0. The second-order valence-electron chi connectivity index (χ2n) is 4.49. The van der Waals surface area contributed by atoms with Crippen molar-refractivity contribution in [2.24, 2.45) is 0 Å². The van der Waals surface area contributed by atoms with E-state index in [4.69, 9.17) is 10.4 Å². The van der Waals surface area contributed by atoms with Gasteiger partial charge in [0, 0.05) is 18.8 Å². The topological polar surface area (TPSA) is 120 Å². The van der Waals surface area contributed by atoms with Crippen LogP contribution in [0.5, 0.6) is 0 Å². The van der Waals surface area contributed by atoms with Crippen molar-refractivity contribution < 1.29 is 14.8 Å². The maximum Gasteiger partial charge on any atom is 0.329 e. The summed E-state index contributed by atoms with van der Waals surface area (Å²) in [6, 6.07) is 2.73. The standard InChI is InChI=1S/C12H12N4O4/c13-7-8-3-4-14-12(11(8)16(19)20)15-5-1-2-9(15)6-10(17)18/h3-4,9H,1-2,5-6H2,(H,17,18). The first-order valence-corrected chi connectivity index (χ1v) is 6.06. The van der Waals surface area contributed by atoms with Crippen molar-refractivity contribution in [1.82, 2.24) is 4.98 Å². The van der Waals surface area contributed by atoms with Crippen LogP contribution in [0, 0.1) is 21.4 Å². The van der Waals surface area contributed by atoms with Gasteiger partial charge >= 0.3 is 11.7 Å². The molecule has 1 atom stereocenters. The Bertz CT molecular complexity index is 596. The van der Waals surface area contributed by atoms with E-state index in [2.05, 4.69) is 4.98 Å². The van der Waals surface area contributed by atoms with Crippen LogP contribution in [0.2, 0.25) is 0 Å². The van der Waals surface area contributed by atoms with Crippen LogP contribution in [-0.2, 0) is 4.79 Å². The number of hydrogen-bond donors (Lipinski definition) is 1. The molecular weight excluding hydrogens is 264 g/mol. The van der Waals surface area contributed by atoms with Crippen LogP contribution in [0.25, 0.3) is 0 Å². The molecule has 0 radical (unpaired) electrons. The van der Waals surface area contributed by atoms with Gasteiger partial charge in [0.15, 0.2) is 0 Å². The summed E-state index contributed by atoms with van der Waals surface area (Å²) in [6.07, 6.45) is 2.61. The lowest BCUT2D eigenvalue weighted by Gasteiger charge is -2.24. The predicted molar refractivity (Wildman–Crippen MR) is 68.2 cm³/mol. The summed E-state index contributed by atoms with van der Waals surface area (Å²) < 4.78 is 0. The molecule has 1 aromatic rings. The Morgan fingerprint density at radius 2 is 2.45 bits per heavy atom. The smallest absolute Gasteiger partial charge is 0.329 e. The Kier molecular flexibility index (Phi) is 3.79. The molecule has 1 N–H and O–H groups in total. The molecule has 1 saturated heterocycles. The number of pyridine rings is 1. The van der Waals surface area contributed by atoms with E-state index in [-0.39, 0.29) is 29.5 Å². The normalized spacial score (nSPS) is 17.8. The molecule has 0 amide bonds. The largest absolute Gasteiger partial charge is 0.481 e. The Balaban J connectivity index is 2.44. The van der Waals surface area contributed by atoms with E-state index in [1.807, 2.05) is 0 Å². The van der Waals surface area contributed by atoms with Crippen molar-refractivity contribution in [1.29, 1.82) is 5.26 Å². The summed E-state index contributed by atoms with van der Waals surface area (Å²) in [5.41, 5.74) is -0.423. The molecule has 2 heterocycles. The number of aromatic nitrogens is 1. The SMILES string of the molecule is N#Cc1ccnc(N2CCCC2CC(=O)O)c1[N+](=O)[O-]. The van der Waals surface area contributed by atoms with Crippen LogP contribution >= 0.6 is 0 Å². The number of nitriles is 1. The van der Waals surface area contributed by atoms with Crippen LogP contribution < -0.4 is 4.90 Å². The van der Waals surface area contributed by atoms with Gasteiger partial charge in [0.2, 0.25) is 5.82 Å². The molecule has 1 aromatic heterocycles. The second-order valence-corrected chi connectivity index (χ2v) is 4.49. The lowest BCUT2D eigenvalue weighted by Crippen LogP contribution is -2.32. The average molecular weight is 276 g/mol. The third-order valence-corrected chi connectivity index (χ3v) is 3.27. The highest BCUT2D eigenvalue weighted by Gasteiger charge is 2.33. The highest BCUT2D eigenvalue weighted by Crippen LogP contribution is 2.34. The maximum absolute atomic E-state index is 11.2. The molecule has 0 aliphatic carbocycles. The van der Waals surface area contributed by atoms with Crippen molar-refractivity contribution in [2.75, 3.05) is 11.4 Å². The molecular formula is C12H12N4O4. The minimum Gasteiger partial charge on any atom is -0.481 e. The fraction of sp³-hybridized carbons (Fsp3) is 0.417. The molecule has 1 fully saturated rings. The third-order valence-electron chi connectivity index (χ3n) is 3.27. The quantitative estimate of drug-likeness (QED) is 0.649. The van der Waals surface area contributed by atoms with Crippen LogP contribution in [0.15, 0.2) is 12.3 Å². The van der Waals surface area contributed by atoms with Gasteiger partial charge in [0.25, 0.3) is 0 Å². The van der Waals surface area contributed by atoms with E-state index in [1.54, 1.807) is 11.0 Å². The Morgan fingerprint density at radius 1 is 1.70 bits per heavy atom. The molecule has 8 heteroatoms. The summed E-state index contributed by atoms with van der Waals surface area (Å²) in [5.74, 6) is -0.876. The van der Waals surface area contributed by atoms with Crippen molar-refractivity contribution in [3.63, 3.8) is 0 Å². The van der Waals surface area contributed by atoms with Gasteiger partial charge in [-0.3, -0.25) is 14.9 Å². The number of carboxylic acid groups (broad SMARTS) is 1. The molecule has 0 spiro atoms. The number of nitro groups is 1. The van der Waals surface area contributed by atoms with Crippen LogP contribution in [-0.4, -0.2) is 33.6 Å². The number of nitrogens with zero attached hydrogens (tertiary/aromatic N) is 4. The van der Waals surface area contributed by atoms with Gasteiger partial charge in [-0.1, -0.05) is 0 Å². The zero-order valence-electron chi connectivity index (χ0n) is 10.5. The molecule has 0 bridgehead atoms. The summed E-state index contributed by atoms with van der Waals surface area (Å²) in [6.45, 7) is 0.501. The summed E-state index contributed by atoms with van der Waals surface area (Å²) in [4.78, 5) is 27.0. The lowest BCUT2D eigenvalue weighted by atomic mass is 10.1. The van der Waals surface area contributed by atoms with E-state index in [1.165, 1.54) is 12.3 Å². The zero-order valence-corrected chi connectivity index (χ0v) is 10.5. The van der Waals surface area contributed by atoms with Gasteiger partial charge in [-0.05, 0) is 18.9 Å². The minimum absolute atomic E-state index is 0.0685. The lowest BCUT2D eigenvalue weighted by molar-refractivity contribution is -0.384. The van der Waals surface area contributed by atoms with E-state index in [9.17, 15) is 14.9 Å². The summed E-state index contributed by atoms with van der Waals surface area (Å²) in [5, 5.41) is 29.0. The monoisotopic (exact) mass is 276 g/mol. The van der Waals surface area contributed by atoms with Crippen molar-refractivity contribution >= 4 is 17.5 Å². The Labute approximate surface area is 114 Å². The number of carboxylic acids is 1. The van der Waals surface area contributed by atoms with E-state index < -0.39 is 10.9 Å². The first kappa shape index (κ1) is 13.7. The van der Waals surface area contributed by atoms with Crippen molar-refractivity contribution in [2.45, 2.75) is 25.3 Å². The molecule has 1 aliphatic rings. The molecule has 1 aliphatic heterocycles. The van der Waals surface area contributed by atoms with Crippen LogP contribution in [0.1, 0.15) is 24.8 Å². The van der Waals surface area contributed by atoms with Gasteiger partial charge in [-0.15, -0.1) is 0 Å². The number of rotatable bonds is 4. The first-order chi connectivity index (χ1) is 9.54. The third kappa shape index (κ3) is 2.51. The fourth-order valence-electron chi connectivity index (χ4n) is 2.45. The maximum atomic E-state index is 11.2. The second kappa shape index (κ2) is 5.52. The number of hydrogen-bond acceptors (Lipinski definition) is 6. The summed E-state index contributed by atoms with van der Waals surface area (Å²) in [7, 11) is 0. The zero-order chi connectivity index (χ0) is 14.7. The molecule has 0 aromatic carbocycles. The van der Waals surface area contributed by atoms with Crippen molar-refractivity contribution in [3.05, 3.63) is 27.9 Å². The van der Waals surface area contributed by atoms with Gasteiger partial charge in [-0.25, -0.2) is 4.98 Å².